The Kier molecular flexibility index (Phi) is 5.76. The first-order chi connectivity index (χ1) is 15.3. The molecule has 0 aliphatic rings. The molecule has 1 amide bonds. The monoisotopic (exact) mass is 435 g/mol. The summed E-state index contributed by atoms with van der Waals surface area (Å²) in [7, 11) is 0. The van der Waals surface area contributed by atoms with Crippen LogP contribution in [0, 0.1) is 5.82 Å². The number of carbonyl (C=O) groups excluding carboxylic acids is 1. The summed E-state index contributed by atoms with van der Waals surface area (Å²) in [5, 5.41) is 20.5. The van der Waals surface area contributed by atoms with Crippen LogP contribution in [-0.2, 0) is 16.6 Å². The van der Waals surface area contributed by atoms with Crippen molar-refractivity contribution in [1.82, 2.24) is 36.1 Å². The smallest absolute Gasteiger partial charge is 0.231 e. The van der Waals surface area contributed by atoms with Crippen molar-refractivity contribution in [2.24, 2.45) is 0 Å². The van der Waals surface area contributed by atoms with Crippen molar-refractivity contribution in [2.45, 2.75) is 38.6 Å². The molecule has 1 unspecified atom stereocenters. The number of carbonyl (C=O) groups is 1. The molecule has 1 atom stereocenters. The molecule has 164 valence electrons. The average Bonchev–Trinajstić information content (AvgIpc) is 3.46. The molecule has 4 aromatic rings. The SMILES string of the molecule is CC(NC(=O)C(C)(C)c1cc(F)cc(-c2nn[nH]n2)c1)c1noc(Cc2ccccc2)n1. The van der Waals surface area contributed by atoms with Gasteiger partial charge in [-0.1, -0.05) is 35.5 Å². The Hall–Kier alpha value is -3.95. The first-order valence-electron chi connectivity index (χ1n) is 10.0. The predicted octanol–water partition coefficient (Wildman–Crippen LogP) is 3.13. The van der Waals surface area contributed by atoms with E-state index in [2.05, 4.69) is 36.1 Å². The van der Waals surface area contributed by atoms with E-state index < -0.39 is 17.3 Å². The van der Waals surface area contributed by atoms with E-state index in [4.69, 9.17) is 4.52 Å². The van der Waals surface area contributed by atoms with Crippen molar-refractivity contribution in [2.75, 3.05) is 0 Å². The number of benzene rings is 2. The first-order valence-corrected chi connectivity index (χ1v) is 10.0. The molecule has 2 aromatic heterocycles. The number of tetrazole rings is 1. The second kappa shape index (κ2) is 8.66. The van der Waals surface area contributed by atoms with Gasteiger partial charge in [-0.25, -0.2) is 4.39 Å². The summed E-state index contributed by atoms with van der Waals surface area (Å²) in [4.78, 5) is 17.5. The van der Waals surface area contributed by atoms with E-state index in [1.54, 1.807) is 26.8 Å². The second-order valence-electron chi connectivity index (χ2n) is 7.99. The molecule has 10 heteroatoms. The van der Waals surface area contributed by atoms with Crippen LogP contribution >= 0.6 is 0 Å². The minimum absolute atomic E-state index is 0.244. The van der Waals surface area contributed by atoms with E-state index in [0.717, 1.165) is 5.56 Å². The second-order valence-corrected chi connectivity index (χ2v) is 7.99. The van der Waals surface area contributed by atoms with Crippen LogP contribution in [-0.4, -0.2) is 36.7 Å². The number of hydrogen-bond donors (Lipinski definition) is 2. The lowest BCUT2D eigenvalue weighted by atomic mass is 9.82. The third-order valence-electron chi connectivity index (χ3n) is 5.21. The van der Waals surface area contributed by atoms with Gasteiger partial charge in [0.05, 0.1) is 17.9 Å². The lowest BCUT2D eigenvalue weighted by Gasteiger charge is -2.26. The fraction of sp³-hybridized carbons (Fsp3) is 0.273. The van der Waals surface area contributed by atoms with Gasteiger partial charge >= 0.3 is 0 Å². The van der Waals surface area contributed by atoms with Gasteiger partial charge in [0.15, 0.2) is 5.82 Å². The van der Waals surface area contributed by atoms with Gasteiger partial charge in [-0.3, -0.25) is 4.79 Å². The van der Waals surface area contributed by atoms with Crippen LogP contribution in [0.25, 0.3) is 11.4 Å². The molecule has 9 nitrogen and oxygen atoms in total. The lowest BCUT2D eigenvalue weighted by Crippen LogP contribution is -2.41. The third kappa shape index (κ3) is 4.53. The number of rotatable bonds is 7. The number of amides is 1. The summed E-state index contributed by atoms with van der Waals surface area (Å²) in [6.07, 6.45) is 0.502. The quantitative estimate of drug-likeness (QED) is 0.457. The maximum Gasteiger partial charge on any atom is 0.231 e. The fourth-order valence-electron chi connectivity index (χ4n) is 3.22. The highest BCUT2D eigenvalue weighted by Crippen LogP contribution is 2.29. The highest BCUT2D eigenvalue weighted by molar-refractivity contribution is 5.88. The Balaban J connectivity index is 1.48. The zero-order chi connectivity index (χ0) is 22.7. The van der Waals surface area contributed by atoms with Crippen LogP contribution in [0.2, 0.25) is 0 Å². The van der Waals surface area contributed by atoms with Crippen molar-refractivity contribution < 1.29 is 13.7 Å². The van der Waals surface area contributed by atoms with Crippen molar-refractivity contribution >= 4 is 5.91 Å². The number of hydrogen-bond acceptors (Lipinski definition) is 7. The highest BCUT2D eigenvalue weighted by Gasteiger charge is 2.32. The molecular formula is C22H22FN7O2. The molecule has 2 aromatic carbocycles. The van der Waals surface area contributed by atoms with Gasteiger partial charge < -0.3 is 9.84 Å². The number of nitrogens with one attached hydrogen (secondary N) is 2. The van der Waals surface area contributed by atoms with Gasteiger partial charge in [-0.05, 0) is 55.3 Å². The zero-order valence-corrected chi connectivity index (χ0v) is 17.8. The van der Waals surface area contributed by atoms with Crippen LogP contribution in [0.4, 0.5) is 4.39 Å². The standard InChI is InChI=1S/C22H22FN7O2/c1-13(19-25-18(32-28-19)9-14-7-5-4-6-8-14)24-21(31)22(2,3)16-10-15(11-17(23)12-16)20-26-29-30-27-20/h4-8,10-13H,9H2,1-3H3,(H,24,31)(H,26,27,29,30). The third-order valence-corrected chi connectivity index (χ3v) is 5.21. The van der Waals surface area contributed by atoms with Crippen LogP contribution in [0.1, 0.15) is 49.7 Å². The maximum atomic E-state index is 14.3. The van der Waals surface area contributed by atoms with Crippen molar-refractivity contribution in [3.05, 3.63) is 77.2 Å². The molecule has 0 saturated carbocycles. The zero-order valence-electron chi connectivity index (χ0n) is 17.8. The summed E-state index contributed by atoms with van der Waals surface area (Å²) in [5.74, 6) is 0.255. The van der Waals surface area contributed by atoms with E-state index in [1.165, 1.54) is 12.1 Å². The number of halogens is 1. The summed E-state index contributed by atoms with van der Waals surface area (Å²) < 4.78 is 19.6. The van der Waals surface area contributed by atoms with Crippen molar-refractivity contribution in [1.29, 1.82) is 0 Å². The summed E-state index contributed by atoms with van der Waals surface area (Å²) in [6, 6.07) is 13.5. The van der Waals surface area contributed by atoms with E-state index in [1.807, 2.05) is 30.3 Å². The highest BCUT2D eigenvalue weighted by atomic mass is 19.1. The molecule has 0 spiro atoms. The summed E-state index contributed by atoms with van der Waals surface area (Å²) >= 11 is 0. The molecule has 2 N–H and O–H groups in total. The Morgan fingerprint density at radius 1 is 1.22 bits per heavy atom. The van der Waals surface area contributed by atoms with Gasteiger partial charge in [0.1, 0.15) is 5.82 Å². The minimum Gasteiger partial charge on any atom is -0.345 e. The minimum atomic E-state index is -1.05. The van der Waals surface area contributed by atoms with E-state index in [-0.39, 0.29) is 11.7 Å². The van der Waals surface area contributed by atoms with E-state index in [9.17, 15) is 9.18 Å². The Bertz CT molecular complexity index is 1210. The molecule has 32 heavy (non-hydrogen) atoms. The molecule has 4 rings (SSSR count). The summed E-state index contributed by atoms with van der Waals surface area (Å²) in [5.41, 5.74) is 0.890. The first kappa shape index (κ1) is 21.3. The number of nitrogens with zero attached hydrogens (tertiary/aromatic N) is 5. The Morgan fingerprint density at radius 3 is 2.72 bits per heavy atom. The summed E-state index contributed by atoms with van der Waals surface area (Å²) in [6.45, 7) is 5.18. The van der Waals surface area contributed by atoms with Gasteiger partial charge in [-0.2, -0.15) is 10.2 Å². The molecule has 0 fully saturated rings. The average molecular weight is 435 g/mol. The molecule has 0 saturated heterocycles. The maximum absolute atomic E-state index is 14.3. The normalized spacial score (nSPS) is 12.5. The van der Waals surface area contributed by atoms with Crippen LogP contribution in [0.3, 0.4) is 0 Å². The molecule has 0 bridgehead atoms. The van der Waals surface area contributed by atoms with Gasteiger partial charge in [0.25, 0.3) is 0 Å². The van der Waals surface area contributed by atoms with E-state index in [0.29, 0.717) is 29.3 Å². The molecular weight excluding hydrogens is 413 g/mol. The molecule has 0 aliphatic heterocycles. The fourth-order valence-corrected chi connectivity index (χ4v) is 3.22. The van der Waals surface area contributed by atoms with Crippen LogP contribution < -0.4 is 5.32 Å². The van der Waals surface area contributed by atoms with Gasteiger partial charge in [-0.15, -0.1) is 10.2 Å². The largest absolute Gasteiger partial charge is 0.345 e. The number of aromatic amines is 1. The molecule has 0 radical (unpaired) electrons. The van der Waals surface area contributed by atoms with Crippen molar-refractivity contribution in [3.63, 3.8) is 0 Å². The lowest BCUT2D eigenvalue weighted by molar-refractivity contribution is -0.126. The number of H-pyrrole nitrogens is 1. The van der Waals surface area contributed by atoms with Gasteiger partial charge in [0, 0.05) is 5.56 Å². The van der Waals surface area contributed by atoms with Crippen LogP contribution in [0.15, 0.2) is 53.1 Å². The Labute approximate surface area is 183 Å². The predicted molar refractivity (Wildman–Crippen MR) is 113 cm³/mol. The van der Waals surface area contributed by atoms with Gasteiger partial charge in [0.2, 0.25) is 17.6 Å². The van der Waals surface area contributed by atoms with Crippen LogP contribution in [0.5, 0.6) is 0 Å². The molecule has 2 heterocycles. The van der Waals surface area contributed by atoms with Crippen molar-refractivity contribution in [3.8, 4) is 11.4 Å². The topological polar surface area (TPSA) is 122 Å². The van der Waals surface area contributed by atoms with E-state index >= 15 is 0 Å². The Morgan fingerprint density at radius 2 is 2.00 bits per heavy atom. The molecule has 0 aliphatic carbocycles. The number of aromatic nitrogens is 6.